The van der Waals surface area contributed by atoms with E-state index in [0.29, 0.717) is 11.5 Å². The van der Waals surface area contributed by atoms with E-state index in [1.165, 1.54) is 0 Å². The van der Waals surface area contributed by atoms with Crippen LogP contribution in [-0.4, -0.2) is 16.2 Å². The SMILES string of the molecule is Cc1cc([C@H](C(=O)O)C(C)C)on1. The lowest BCUT2D eigenvalue weighted by Gasteiger charge is -2.11. The molecule has 0 aromatic carbocycles. The van der Waals surface area contributed by atoms with Gasteiger partial charge in [0.1, 0.15) is 5.92 Å². The molecule has 0 fully saturated rings. The summed E-state index contributed by atoms with van der Waals surface area (Å²) in [7, 11) is 0. The molecule has 1 atom stereocenters. The van der Waals surface area contributed by atoms with Crippen LogP contribution >= 0.6 is 0 Å². The lowest BCUT2D eigenvalue weighted by molar-refractivity contribution is -0.140. The van der Waals surface area contributed by atoms with Gasteiger partial charge < -0.3 is 9.63 Å². The summed E-state index contributed by atoms with van der Waals surface area (Å²) < 4.78 is 4.92. The Bertz CT molecular complexity index is 304. The van der Waals surface area contributed by atoms with Gasteiger partial charge in [-0.2, -0.15) is 0 Å². The Morgan fingerprint density at radius 2 is 2.23 bits per heavy atom. The number of nitrogens with zero attached hydrogens (tertiary/aromatic N) is 1. The number of carboxylic acid groups (broad SMARTS) is 1. The summed E-state index contributed by atoms with van der Waals surface area (Å²) in [5.41, 5.74) is 0.710. The monoisotopic (exact) mass is 183 g/mol. The van der Waals surface area contributed by atoms with E-state index in [4.69, 9.17) is 9.63 Å². The summed E-state index contributed by atoms with van der Waals surface area (Å²) in [5, 5.41) is 12.6. The van der Waals surface area contributed by atoms with Crippen LogP contribution in [0.15, 0.2) is 10.6 Å². The molecule has 1 rings (SSSR count). The summed E-state index contributed by atoms with van der Waals surface area (Å²) in [6.45, 7) is 5.46. The number of rotatable bonds is 3. The summed E-state index contributed by atoms with van der Waals surface area (Å²) in [6.07, 6.45) is 0. The largest absolute Gasteiger partial charge is 0.481 e. The van der Waals surface area contributed by atoms with Crippen LogP contribution < -0.4 is 0 Å². The summed E-state index contributed by atoms with van der Waals surface area (Å²) in [6, 6.07) is 1.67. The highest BCUT2D eigenvalue weighted by atomic mass is 16.5. The summed E-state index contributed by atoms with van der Waals surface area (Å²) in [5.74, 6) is -1.03. The lowest BCUT2D eigenvalue weighted by Crippen LogP contribution is -2.16. The molecule has 0 aliphatic carbocycles. The van der Waals surface area contributed by atoms with Crippen molar-refractivity contribution in [1.82, 2.24) is 5.16 Å². The number of aromatic nitrogens is 1. The molecule has 0 saturated carbocycles. The van der Waals surface area contributed by atoms with Gasteiger partial charge in [0, 0.05) is 6.07 Å². The molecule has 1 aromatic heterocycles. The van der Waals surface area contributed by atoms with E-state index in [1.54, 1.807) is 13.0 Å². The second-order valence-electron chi connectivity index (χ2n) is 3.43. The van der Waals surface area contributed by atoms with Gasteiger partial charge in [0.25, 0.3) is 0 Å². The van der Waals surface area contributed by atoms with Crippen LogP contribution in [0.25, 0.3) is 0 Å². The molecule has 72 valence electrons. The predicted molar refractivity (Wildman–Crippen MR) is 46.5 cm³/mol. The molecule has 1 aromatic rings. The van der Waals surface area contributed by atoms with Crippen molar-refractivity contribution in [2.75, 3.05) is 0 Å². The Balaban J connectivity index is 2.95. The summed E-state index contributed by atoms with van der Waals surface area (Å²) in [4.78, 5) is 10.9. The first-order valence-corrected chi connectivity index (χ1v) is 4.18. The van der Waals surface area contributed by atoms with Gasteiger partial charge in [-0.1, -0.05) is 19.0 Å². The number of hydrogen-bond acceptors (Lipinski definition) is 3. The topological polar surface area (TPSA) is 63.3 Å². The van der Waals surface area contributed by atoms with Gasteiger partial charge in [0.2, 0.25) is 0 Å². The first kappa shape index (κ1) is 9.77. The van der Waals surface area contributed by atoms with Gasteiger partial charge in [-0.05, 0) is 12.8 Å². The fourth-order valence-electron chi connectivity index (χ4n) is 1.27. The highest BCUT2D eigenvalue weighted by Gasteiger charge is 2.27. The average Bonchev–Trinajstić information content (AvgIpc) is 2.34. The molecule has 0 aliphatic rings. The molecule has 1 N–H and O–H groups in total. The molecule has 0 spiro atoms. The van der Waals surface area contributed by atoms with Crippen molar-refractivity contribution in [1.29, 1.82) is 0 Å². The maximum absolute atomic E-state index is 10.9. The van der Waals surface area contributed by atoms with Crippen LogP contribution in [0.2, 0.25) is 0 Å². The van der Waals surface area contributed by atoms with Crippen LogP contribution in [-0.2, 0) is 4.79 Å². The smallest absolute Gasteiger partial charge is 0.314 e. The van der Waals surface area contributed by atoms with Gasteiger partial charge in [-0.25, -0.2) is 0 Å². The number of aliphatic carboxylic acids is 1. The van der Waals surface area contributed by atoms with Crippen molar-refractivity contribution in [2.24, 2.45) is 5.92 Å². The molecule has 0 radical (unpaired) electrons. The number of carbonyl (C=O) groups is 1. The fourth-order valence-corrected chi connectivity index (χ4v) is 1.27. The highest BCUT2D eigenvalue weighted by molar-refractivity contribution is 5.75. The van der Waals surface area contributed by atoms with E-state index in [1.807, 2.05) is 13.8 Å². The van der Waals surface area contributed by atoms with Crippen LogP contribution in [0, 0.1) is 12.8 Å². The third-order valence-corrected chi connectivity index (χ3v) is 1.89. The van der Waals surface area contributed by atoms with Crippen molar-refractivity contribution in [3.05, 3.63) is 17.5 Å². The summed E-state index contributed by atoms with van der Waals surface area (Å²) >= 11 is 0. The van der Waals surface area contributed by atoms with Gasteiger partial charge in [0.05, 0.1) is 5.69 Å². The van der Waals surface area contributed by atoms with Gasteiger partial charge in [-0.15, -0.1) is 0 Å². The minimum absolute atomic E-state index is 0.00449. The van der Waals surface area contributed by atoms with E-state index in [9.17, 15) is 4.79 Å². The van der Waals surface area contributed by atoms with Crippen molar-refractivity contribution < 1.29 is 14.4 Å². The molecule has 4 nitrogen and oxygen atoms in total. The Morgan fingerprint density at radius 3 is 2.54 bits per heavy atom. The second kappa shape index (κ2) is 3.60. The molecule has 0 amide bonds. The van der Waals surface area contributed by atoms with Crippen LogP contribution in [0.4, 0.5) is 0 Å². The number of aryl methyl sites for hydroxylation is 1. The molecule has 1 heterocycles. The standard InChI is InChI=1S/C9H13NO3/c1-5(2)8(9(11)12)7-4-6(3)10-13-7/h4-5,8H,1-3H3,(H,11,12)/t8-/m1/s1. The maximum atomic E-state index is 10.9. The first-order valence-electron chi connectivity index (χ1n) is 4.18. The van der Waals surface area contributed by atoms with E-state index in [0.717, 1.165) is 0 Å². The number of carboxylic acids is 1. The molecule has 0 aliphatic heterocycles. The molecule has 4 heteroatoms. The van der Waals surface area contributed by atoms with Crippen molar-refractivity contribution in [2.45, 2.75) is 26.7 Å². The maximum Gasteiger partial charge on any atom is 0.314 e. The average molecular weight is 183 g/mol. The van der Waals surface area contributed by atoms with Crippen LogP contribution in [0.1, 0.15) is 31.2 Å². The zero-order chi connectivity index (χ0) is 10.0. The van der Waals surface area contributed by atoms with Crippen LogP contribution in [0.5, 0.6) is 0 Å². The Morgan fingerprint density at radius 1 is 1.62 bits per heavy atom. The van der Waals surface area contributed by atoms with E-state index in [-0.39, 0.29) is 5.92 Å². The van der Waals surface area contributed by atoms with E-state index in [2.05, 4.69) is 5.16 Å². The molecule has 0 bridgehead atoms. The van der Waals surface area contributed by atoms with Crippen molar-refractivity contribution >= 4 is 5.97 Å². The predicted octanol–water partition coefficient (Wildman–Crippen LogP) is 1.81. The number of hydrogen-bond donors (Lipinski definition) is 1. The molecular formula is C9H13NO3. The lowest BCUT2D eigenvalue weighted by atomic mass is 9.93. The Hall–Kier alpha value is -1.32. The van der Waals surface area contributed by atoms with Gasteiger partial charge >= 0.3 is 5.97 Å². The Kier molecular flexibility index (Phi) is 2.70. The minimum atomic E-state index is -0.869. The third kappa shape index (κ3) is 2.08. The minimum Gasteiger partial charge on any atom is -0.481 e. The van der Waals surface area contributed by atoms with Crippen molar-refractivity contribution in [3.63, 3.8) is 0 Å². The second-order valence-corrected chi connectivity index (χ2v) is 3.43. The zero-order valence-electron chi connectivity index (χ0n) is 7.94. The first-order chi connectivity index (χ1) is 6.02. The Labute approximate surface area is 76.5 Å². The van der Waals surface area contributed by atoms with Gasteiger partial charge in [0.15, 0.2) is 5.76 Å². The zero-order valence-corrected chi connectivity index (χ0v) is 7.94. The third-order valence-electron chi connectivity index (χ3n) is 1.89. The quantitative estimate of drug-likeness (QED) is 0.776. The van der Waals surface area contributed by atoms with Crippen LogP contribution in [0.3, 0.4) is 0 Å². The fraction of sp³-hybridized carbons (Fsp3) is 0.556. The van der Waals surface area contributed by atoms with Gasteiger partial charge in [-0.3, -0.25) is 4.79 Å². The highest BCUT2D eigenvalue weighted by Crippen LogP contribution is 2.24. The van der Waals surface area contributed by atoms with E-state index >= 15 is 0 Å². The van der Waals surface area contributed by atoms with Crippen molar-refractivity contribution in [3.8, 4) is 0 Å². The molecular weight excluding hydrogens is 170 g/mol. The molecule has 13 heavy (non-hydrogen) atoms. The molecule has 0 unspecified atom stereocenters. The van der Waals surface area contributed by atoms with E-state index < -0.39 is 11.9 Å². The molecule has 0 saturated heterocycles. The normalized spacial score (nSPS) is 13.2.